The van der Waals surface area contributed by atoms with Crippen molar-refractivity contribution in [2.45, 2.75) is 19.9 Å². The number of carbonyl (C=O) groups excluding carboxylic acids is 1. The number of aryl methyl sites for hydroxylation is 1. The van der Waals surface area contributed by atoms with Crippen molar-refractivity contribution in [1.29, 1.82) is 0 Å². The summed E-state index contributed by atoms with van der Waals surface area (Å²) in [6.07, 6.45) is 6.03. The molecule has 2 aromatic carbocycles. The van der Waals surface area contributed by atoms with Crippen LogP contribution in [-0.2, 0) is 13.0 Å². The van der Waals surface area contributed by atoms with Crippen molar-refractivity contribution in [2.24, 2.45) is 0 Å². The first-order chi connectivity index (χ1) is 15.1. The molecule has 156 valence electrons. The van der Waals surface area contributed by atoms with Crippen molar-refractivity contribution >= 4 is 23.5 Å². The van der Waals surface area contributed by atoms with Crippen LogP contribution in [0.1, 0.15) is 32.6 Å². The molecule has 0 unspecified atom stereocenters. The fourth-order valence-corrected chi connectivity index (χ4v) is 4.09. The molecule has 3 aromatic rings. The maximum atomic E-state index is 13.1. The van der Waals surface area contributed by atoms with Gasteiger partial charge in [-0.25, -0.2) is 0 Å². The molecule has 5 nitrogen and oxygen atoms in total. The van der Waals surface area contributed by atoms with Gasteiger partial charge in [0.1, 0.15) is 18.2 Å². The highest BCUT2D eigenvalue weighted by atomic mass is 35.5. The number of allylic oxidation sites excluding steroid dienone is 1. The van der Waals surface area contributed by atoms with Gasteiger partial charge in [-0.15, -0.1) is 0 Å². The summed E-state index contributed by atoms with van der Waals surface area (Å²) in [5, 5.41) is 0.738. The molecule has 2 aliphatic rings. The van der Waals surface area contributed by atoms with E-state index in [1.54, 1.807) is 18.5 Å². The minimum absolute atomic E-state index is 0.0922. The number of Topliss-reactive ketones (excluding diaryl/α,β-unsaturated/α-hetero) is 1. The Morgan fingerprint density at radius 1 is 1.16 bits per heavy atom. The largest absolute Gasteiger partial charge is 0.478 e. The maximum absolute atomic E-state index is 13.1. The number of hydrogen-bond donors (Lipinski definition) is 0. The molecule has 0 radical (unpaired) electrons. The van der Waals surface area contributed by atoms with Crippen molar-refractivity contribution in [3.8, 4) is 11.5 Å². The lowest BCUT2D eigenvalue weighted by Gasteiger charge is -2.30. The van der Waals surface area contributed by atoms with Crippen LogP contribution in [0.5, 0.6) is 11.5 Å². The van der Waals surface area contributed by atoms with Crippen LogP contribution in [0.2, 0.25) is 5.02 Å². The van der Waals surface area contributed by atoms with Crippen LogP contribution < -0.4 is 9.47 Å². The van der Waals surface area contributed by atoms with Crippen LogP contribution in [-0.4, -0.2) is 28.9 Å². The van der Waals surface area contributed by atoms with E-state index in [1.807, 2.05) is 49.4 Å². The van der Waals surface area contributed by atoms with Crippen molar-refractivity contribution < 1.29 is 14.3 Å². The molecule has 0 saturated heterocycles. The SMILES string of the molecule is Cc1cc2c(c3c1C(=O)/C(=C\c1ccncc1)O3)CN(CCc1ccc(Cl)cc1)CO2. The summed E-state index contributed by atoms with van der Waals surface area (Å²) in [6.45, 7) is 3.93. The van der Waals surface area contributed by atoms with Gasteiger partial charge in [0, 0.05) is 30.5 Å². The van der Waals surface area contributed by atoms with Crippen LogP contribution in [0.15, 0.2) is 60.6 Å². The lowest BCUT2D eigenvalue weighted by molar-refractivity contribution is 0.0949. The van der Waals surface area contributed by atoms with Crippen molar-refractivity contribution in [3.63, 3.8) is 0 Å². The van der Waals surface area contributed by atoms with Crippen LogP contribution in [0.4, 0.5) is 0 Å². The minimum Gasteiger partial charge on any atom is -0.478 e. The summed E-state index contributed by atoms with van der Waals surface area (Å²) in [7, 11) is 0. The Kier molecular flexibility index (Phi) is 5.22. The summed E-state index contributed by atoms with van der Waals surface area (Å²) in [5.74, 6) is 1.65. The van der Waals surface area contributed by atoms with E-state index < -0.39 is 0 Å². The fourth-order valence-electron chi connectivity index (χ4n) is 3.97. The molecule has 1 aromatic heterocycles. The third kappa shape index (κ3) is 3.94. The number of ether oxygens (including phenoxy) is 2. The summed E-state index contributed by atoms with van der Waals surface area (Å²) >= 11 is 5.98. The van der Waals surface area contributed by atoms with E-state index in [0.717, 1.165) is 40.4 Å². The molecule has 5 rings (SSSR count). The number of nitrogens with zero attached hydrogens (tertiary/aromatic N) is 2. The van der Waals surface area contributed by atoms with E-state index >= 15 is 0 Å². The Morgan fingerprint density at radius 2 is 1.94 bits per heavy atom. The van der Waals surface area contributed by atoms with Crippen molar-refractivity contribution in [1.82, 2.24) is 9.88 Å². The smallest absolute Gasteiger partial charge is 0.232 e. The van der Waals surface area contributed by atoms with Gasteiger partial charge in [-0.05, 0) is 66.4 Å². The highest BCUT2D eigenvalue weighted by molar-refractivity contribution is 6.30. The van der Waals surface area contributed by atoms with Crippen LogP contribution >= 0.6 is 11.6 Å². The zero-order valence-corrected chi connectivity index (χ0v) is 17.9. The van der Waals surface area contributed by atoms with E-state index in [1.165, 1.54) is 5.56 Å². The maximum Gasteiger partial charge on any atom is 0.232 e. The van der Waals surface area contributed by atoms with Crippen LogP contribution in [0.25, 0.3) is 6.08 Å². The van der Waals surface area contributed by atoms with E-state index in [-0.39, 0.29) is 5.78 Å². The number of hydrogen-bond acceptors (Lipinski definition) is 5. The Bertz CT molecular complexity index is 1170. The monoisotopic (exact) mass is 432 g/mol. The topological polar surface area (TPSA) is 51.7 Å². The van der Waals surface area contributed by atoms with Gasteiger partial charge >= 0.3 is 0 Å². The zero-order valence-electron chi connectivity index (χ0n) is 17.1. The molecule has 2 aliphatic heterocycles. The molecule has 0 N–H and O–H groups in total. The van der Waals surface area contributed by atoms with E-state index in [9.17, 15) is 4.79 Å². The first kappa shape index (κ1) is 19.8. The lowest BCUT2D eigenvalue weighted by Crippen LogP contribution is -2.33. The molecule has 0 bridgehead atoms. The summed E-state index contributed by atoms with van der Waals surface area (Å²) in [5.41, 5.74) is 4.51. The van der Waals surface area contributed by atoms with Gasteiger partial charge in [0.25, 0.3) is 0 Å². The Morgan fingerprint density at radius 3 is 2.71 bits per heavy atom. The van der Waals surface area contributed by atoms with Gasteiger partial charge < -0.3 is 9.47 Å². The first-order valence-corrected chi connectivity index (χ1v) is 10.6. The molecule has 3 heterocycles. The normalized spacial score (nSPS) is 16.6. The highest BCUT2D eigenvalue weighted by Crippen LogP contribution is 2.44. The van der Waals surface area contributed by atoms with Gasteiger partial charge in [0.2, 0.25) is 5.78 Å². The summed E-state index contributed by atoms with van der Waals surface area (Å²) in [6, 6.07) is 13.5. The average Bonchev–Trinajstić information content (AvgIpc) is 3.11. The second-order valence-corrected chi connectivity index (χ2v) is 8.23. The second kappa shape index (κ2) is 8.17. The van der Waals surface area contributed by atoms with Crippen molar-refractivity contribution in [3.05, 3.63) is 93.5 Å². The molecule has 0 saturated carbocycles. The Labute approximate surface area is 185 Å². The molecule has 0 fully saturated rings. The number of carbonyl (C=O) groups is 1. The summed E-state index contributed by atoms with van der Waals surface area (Å²) < 4.78 is 12.1. The highest BCUT2D eigenvalue weighted by Gasteiger charge is 2.35. The second-order valence-electron chi connectivity index (χ2n) is 7.80. The third-order valence-electron chi connectivity index (χ3n) is 5.62. The van der Waals surface area contributed by atoms with Crippen LogP contribution in [0.3, 0.4) is 0 Å². The molecule has 0 atom stereocenters. The third-order valence-corrected chi connectivity index (χ3v) is 5.87. The molecule has 6 heteroatoms. The van der Waals surface area contributed by atoms with E-state index in [4.69, 9.17) is 21.1 Å². The number of benzene rings is 2. The van der Waals surface area contributed by atoms with E-state index in [2.05, 4.69) is 9.88 Å². The minimum atomic E-state index is -0.0922. The Hall–Kier alpha value is -3.15. The molecule has 31 heavy (non-hydrogen) atoms. The predicted molar refractivity (Wildman–Crippen MR) is 119 cm³/mol. The standard InChI is InChI=1S/C25H21ClN2O3/c1-16-12-21-20(14-28(15-30-21)11-8-17-2-4-19(26)5-3-17)25-23(16)24(29)22(31-25)13-18-6-9-27-10-7-18/h2-7,9-10,12-13H,8,11,14-15H2,1H3/b22-13+. The van der Waals surface area contributed by atoms with Crippen LogP contribution in [0, 0.1) is 6.92 Å². The number of halogens is 1. The predicted octanol–water partition coefficient (Wildman–Crippen LogP) is 5.05. The lowest BCUT2D eigenvalue weighted by atomic mass is 9.98. The number of rotatable bonds is 4. The summed E-state index contributed by atoms with van der Waals surface area (Å²) in [4.78, 5) is 19.3. The van der Waals surface area contributed by atoms with E-state index in [0.29, 0.717) is 30.3 Å². The molecular weight excluding hydrogens is 412 g/mol. The molecule has 0 amide bonds. The number of ketones is 1. The number of pyridine rings is 1. The van der Waals surface area contributed by atoms with Gasteiger partial charge in [-0.2, -0.15) is 0 Å². The molecule has 0 aliphatic carbocycles. The zero-order chi connectivity index (χ0) is 21.4. The molecule has 0 spiro atoms. The van der Waals surface area contributed by atoms with Gasteiger partial charge in [-0.1, -0.05) is 23.7 Å². The molecular formula is C25H21ClN2O3. The van der Waals surface area contributed by atoms with Crippen molar-refractivity contribution in [2.75, 3.05) is 13.3 Å². The number of fused-ring (bicyclic) bond motifs is 3. The quantitative estimate of drug-likeness (QED) is 0.540. The van der Waals surface area contributed by atoms with Gasteiger partial charge in [0.05, 0.1) is 11.1 Å². The average molecular weight is 433 g/mol. The first-order valence-electron chi connectivity index (χ1n) is 10.2. The Balaban J connectivity index is 1.39. The fraction of sp³-hybridized carbons (Fsp3) is 0.200. The van der Waals surface area contributed by atoms with Gasteiger partial charge in [0.15, 0.2) is 5.76 Å². The van der Waals surface area contributed by atoms with Gasteiger partial charge in [-0.3, -0.25) is 14.7 Å². The number of aromatic nitrogens is 1.